The van der Waals surface area contributed by atoms with Crippen LogP contribution in [0.3, 0.4) is 0 Å². The molecule has 1 amide bonds. The largest absolute Gasteiger partial charge is 0.493 e. The van der Waals surface area contributed by atoms with Crippen LogP contribution in [-0.2, 0) is 0 Å². The molecule has 11 heteroatoms. The van der Waals surface area contributed by atoms with Crippen LogP contribution in [-0.4, -0.2) is 42.1 Å². The Morgan fingerprint density at radius 3 is 2.29 bits per heavy atom. The predicted octanol–water partition coefficient (Wildman–Crippen LogP) is 3.46. The molecule has 1 aromatic heterocycles. The molecule has 31 heavy (non-hydrogen) atoms. The van der Waals surface area contributed by atoms with E-state index in [-0.39, 0.29) is 22.8 Å². The number of methoxy groups -OCH3 is 3. The zero-order valence-corrected chi connectivity index (χ0v) is 16.8. The summed E-state index contributed by atoms with van der Waals surface area (Å²) in [5, 5.41) is 14.3. The Morgan fingerprint density at radius 1 is 1.03 bits per heavy atom. The number of aromatic nitrogens is 2. The van der Waals surface area contributed by atoms with E-state index >= 15 is 0 Å². The Hall–Kier alpha value is -4.41. The lowest BCUT2D eigenvalue weighted by Gasteiger charge is -2.15. The van der Waals surface area contributed by atoms with Crippen LogP contribution in [0.15, 0.2) is 48.9 Å². The van der Waals surface area contributed by atoms with Crippen LogP contribution in [0, 0.1) is 10.1 Å². The number of nitro groups is 1. The van der Waals surface area contributed by atoms with Crippen molar-refractivity contribution in [3.8, 4) is 28.9 Å². The molecule has 1 N–H and O–H groups in total. The fourth-order valence-electron chi connectivity index (χ4n) is 2.76. The van der Waals surface area contributed by atoms with Gasteiger partial charge in [-0.2, -0.15) is 0 Å². The highest BCUT2D eigenvalue weighted by atomic mass is 16.6. The third-order valence-corrected chi connectivity index (χ3v) is 4.11. The summed E-state index contributed by atoms with van der Waals surface area (Å²) in [6.45, 7) is 0. The summed E-state index contributed by atoms with van der Waals surface area (Å²) in [6, 6.07) is 7.59. The smallest absolute Gasteiger partial charge is 0.327 e. The van der Waals surface area contributed by atoms with Crippen molar-refractivity contribution in [2.75, 3.05) is 26.6 Å². The van der Waals surface area contributed by atoms with Gasteiger partial charge in [0, 0.05) is 24.1 Å². The van der Waals surface area contributed by atoms with Gasteiger partial charge >= 0.3 is 5.69 Å². The van der Waals surface area contributed by atoms with E-state index in [1.54, 1.807) is 24.3 Å². The summed E-state index contributed by atoms with van der Waals surface area (Å²) < 4.78 is 21.0. The first-order chi connectivity index (χ1) is 15.0. The number of nitro benzene ring substituents is 1. The van der Waals surface area contributed by atoms with Crippen LogP contribution in [0.1, 0.15) is 10.4 Å². The third kappa shape index (κ3) is 4.61. The summed E-state index contributed by atoms with van der Waals surface area (Å²) >= 11 is 0. The topological polar surface area (TPSA) is 135 Å². The van der Waals surface area contributed by atoms with Crippen molar-refractivity contribution in [2.24, 2.45) is 0 Å². The Morgan fingerprint density at radius 2 is 1.74 bits per heavy atom. The average Bonchev–Trinajstić information content (AvgIpc) is 2.79. The predicted molar refractivity (Wildman–Crippen MR) is 109 cm³/mol. The minimum Gasteiger partial charge on any atom is -0.493 e. The molecule has 11 nitrogen and oxygen atoms in total. The lowest BCUT2D eigenvalue weighted by Crippen LogP contribution is -2.15. The van der Waals surface area contributed by atoms with Crippen molar-refractivity contribution in [1.82, 2.24) is 9.97 Å². The van der Waals surface area contributed by atoms with Gasteiger partial charge in [-0.3, -0.25) is 19.9 Å². The summed E-state index contributed by atoms with van der Waals surface area (Å²) in [6.07, 6.45) is 4.47. The maximum Gasteiger partial charge on any atom is 0.327 e. The maximum absolute atomic E-state index is 12.8. The molecule has 3 aromatic rings. The fraction of sp³-hybridized carbons (Fsp3) is 0.150. The van der Waals surface area contributed by atoms with Gasteiger partial charge in [0.05, 0.1) is 32.4 Å². The Labute approximate surface area is 176 Å². The molecule has 0 aliphatic rings. The minimum absolute atomic E-state index is 0.0127. The average molecular weight is 426 g/mol. The number of nitrogens with zero attached hydrogens (tertiary/aromatic N) is 3. The van der Waals surface area contributed by atoms with Gasteiger partial charge in [-0.15, -0.1) is 0 Å². The molecule has 0 saturated carbocycles. The molecule has 1 heterocycles. The van der Waals surface area contributed by atoms with Crippen molar-refractivity contribution in [1.29, 1.82) is 0 Å². The van der Waals surface area contributed by atoms with Crippen molar-refractivity contribution < 1.29 is 28.7 Å². The first-order valence-electron chi connectivity index (χ1n) is 8.81. The summed E-state index contributed by atoms with van der Waals surface area (Å²) in [7, 11) is 3.90. The number of hydrogen-bond acceptors (Lipinski definition) is 9. The number of carbonyl (C=O) groups is 1. The van der Waals surface area contributed by atoms with Gasteiger partial charge in [0.25, 0.3) is 5.91 Å². The van der Waals surface area contributed by atoms with E-state index in [2.05, 4.69) is 15.3 Å². The van der Waals surface area contributed by atoms with E-state index in [4.69, 9.17) is 18.9 Å². The van der Waals surface area contributed by atoms with E-state index in [0.29, 0.717) is 17.3 Å². The molecule has 0 spiro atoms. The van der Waals surface area contributed by atoms with Crippen LogP contribution >= 0.6 is 0 Å². The summed E-state index contributed by atoms with van der Waals surface area (Å²) in [4.78, 5) is 31.7. The monoisotopic (exact) mass is 426 g/mol. The SMILES string of the molecule is COc1cc(C(=O)Nc2ccc(Oc3cnccn3)cc2)c([N+](=O)[O-])c(OC)c1OC. The second-order valence-electron chi connectivity index (χ2n) is 5.92. The van der Waals surface area contributed by atoms with E-state index in [1.807, 2.05) is 0 Å². The van der Waals surface area contributed by atoms with Crippen LogP contribution in [0.5, 0.6) is 28.9 Å². The Balaban J connectivity index is 1.88. The van der Waals surface area contributed by atoms with Gasteiger partial charge < -0.3 is 24.3 Å². The zero-order valence-electron chi connectivity index (χ0n) is 16.8. The van der Waals surface area contributed by atoms with Gasteiger partial charge in [-0.25, -0.2) is 4.98 Å². The summed E-state index contributed by atoms with van der Waals surface area (Å²) in [5.74, 6) is -0.0375. The van der Waals surface area contributed by atoms with Gasteiger partial charge in [0.2, 0.25) is 17.4 Å². The van der Waals surface area contributed by atoms with Crippen LogP contribution in [0.2, 0.25) is 0 Å². The fourth-order valence-corrected chi connectivity index (χ4v) is 2.76. The maximum atomic E-state index is 12.8. The van der Waals surface area contributed by atoms with E-state index in [1.165, 1.54) is 46.0 Å². The van der Waals surface area contributed by atoms with E-state index in [9.17, 15) is 14.9 Å². The van der Waals surface area contributed by atoms with Crippen molar-refractivity contribution in [3.63, 3.8) is 0 Å². The number of carbonyl (C=O) groups excluding carboxylic acids is 1. The van der Waals surface area contributed by atoms with E-state index < -0.39 is 16.5 Å². The quantitative estimate of drug-likeness (QED) is 0.424. The molecule has 160 valence electrons. The Bertz CT molecular complexity index is 1090. The first-order valence-corrected chi connectivity index (χ1v) is 8.81. The normalized spacial score (nSPS) is 10.2. The van der Waals surface area contributed by atoms with Crippen molar-refractivity contribution >= 4 is 17.3 Å². The third-order valence-electron chi connectivity index (χ3n) is 4.11. The highest BCUT2D eigenvalue weighted by Crippen LogP contribution is 2.46. The number of nitrogens with one attached hydrogen (secondary N) is 1. The molecule has 0 saturated heterocycles. The standard InChI is InChI=1S/C20H18N4O7/c1-28-15-10-14(17(24(26)27)19(30-3)18(15)29-2)20(25)23-12-4-6-13(7-5-12)31-16-11-21-8-9-22-16/h4-11H,1-3H3,(H,23,25). The summed E-state index contributed by atoms with van der Waals surface area (Å²) in [5.41, 5.74) is -0.404. The molecule has 0 aliphatic heterocycles. The molecule has 0 unspecified atom stereocenters. The molecule has 0 bridgehead atoms. The second kappa shape index (κ2) is 9.39. The molecule has 2 aromatic carbocycles. The molecule has 3 rings (SSSR count). The van der Waals surface area contributed by atoms with Crippen LogP contribution in [0.25, 0.3) is 0 Å². The second-order valence-corrected chi connectivity index (χ2v) is 5.92. The lowest BCUT2D eigenvalue weighted by molar-refractivity contribution is -0.386. The minimum atomic E-state index is -0.728. The Kier molecular flexibility index (Phi) is 6.45. The molecular weight excluding hydrogens is 408 g/mol. The highest BCUT2D eigenvalue weighted by molar-refractivity contribution is 6.08. The number of anilines is 1. The van der Waals surface area contributed by atoms with Gasteiger partial charge in [-0.05, 0) is 24.3 Å². The van der Waals surface area contributed by atoms with Crippen molar-refractivity contribution in [3.05, 3.63) is 64.6 Å². The molecule has 0 fully saturated rings. The van der Waals surface area contributed by atoms with Crippen LogP contribution in [0.4, 0.5) is 11.4 Å². The molecule has 0 atom stereocenters. The number of hydrogen-bond donors (Lipinski definition) is 1. The van der Waals surface area contributed by atoms with E-state index in [0.717, 1.165) is 0 Å². The number of rotatable bonds is 8. The van der Waals surface area contributed by atoms with Gasteiger partial charge in [-0.1, -0.05) is 0 Å². The lowest BCUT2D eigenvalue weighted by atomic mass is 10.1. The number of amides is 1. The molecule has 0 radical (unpaired) electrons. The molecule has 0 aliphatic carbocycles. The zero-order chi connectivity index (χ0) is 22.4. The van der Waals surface area contributed by atoms with Gasteiger partial charge in [0.1, 0.15) is 11.3 Å². The first kappa shape index (κ1) is 21.3. The number of benzene rings is 2. The van der Waals surface area contributed by atoms with Crippen molar-refractivity contribution in [2.45, 2.75) is 0 Å². The van der Waals surface area contributed by atoms with Gasteiger partial charge in [0.15, 0.2) is 5.75 Å². The van der Waals surface area contributed by atoms with Crippen LogP contribution < -0.4 is 24.3 Å². The number of ether oxygens (including phenoxy) is 4. The highest BCUT2D eigenvalue weighted by Gasteiger charge is 2.32. The molecular formula is C20H18N4O7.